The van der Waals surface area contributed by atoms with Crippen LogP contribution in [0.25, 0.3) is 0 Å². The van der Waals surface area contributed by atoms with Gasteiger partial charge in [0.25, 0.3) is 0 Å². The van der Waals surface area contributed by atoms with Crippen LogP contribution in [0.4, 0.5) is 11.6 Å². The summed E-state index contributed by atoms with van der Waals surface area (Å²) in [5.74, 6) is 7.67. The third-order valence-corrected chi connectivity index (χ3v) is 4.50. The molecule has 0 aromatic carbocycles. The number of nitrogens with two attached hydrogens (primary N) is 1. The summed E-state index contributed by atoms with van der Waals surface area (Å²) >= 11 is 1.83. The van der Waals surface area contributed by atoms with Crippen molar-refractivity contribution in [2.75, 3.05) is 23.5 Å². The van der Waals surface area contributed by atoms with Crippen molar-refractivity contribution >= 4 is 23.0 Å². The van der Waals surface area contributed by atoms with Gasteiger partial charge in [0, 0.05) is 30.6 Å². The summed E-state index contributed by atoms with van der Waals surface area (Å²) < 4.78 is 5.39. The zero-order chi connectivity index (χ0) is 14.7. The van der Waals surface area contributed by atoms with E-state index in [2.05, 4.69) is 31.7 Å². The molecule has 0 radical (unpaired) electrons. The first-order chi connectivity index (χ1) is 10.3. The molecule has 2 aromatic heterocycles. The van der Waals surface area contributed by atoms with E-state index in [1.807, 2.05) is 24.3 Å². The minimum atomic E-state index is 0.399. The lowest BCUT2D eigenvalue weighted by atomic mass is 10.1. The van der Waals surface area contributed by atoms with Crippen LogP contribution in [0.15, 0.2) is 17.5 Å². The second-order valence-corrected chi connectivity index (χ2v) is 5.85. The van der Waals surface area contributed by atoms with Crippen LogP contribution >= 0.6 is 11.3 Å². The van der Waals surface area contributed by atoms with E-state index in [4.69, 9.17) is 10.6 Å². The molecule has 0 saturated heterocycles. The predicted octanol–water partition coefficient (Wildman–Crippen LogP) is 1.92. The van der Waals surface area contributed by atoms with Gasteiger partial charge >= 0.3 is 0 Å². The number of ether oxygens (including phenoxy) is 1. The van der Waals surface area contributed by atoms with Crippen LogP contribution in [0, 0.1) is 0 Å². The number of thiophene rings is 1. The topological polar surface area (TPSA) is 76.3 Å². The zero-order valence-electron chi connectivity index (χ0n) is 12.0. The SMILES string of the molecule is CCOCc1nc(NN)cc(N2CCc3sccc3C2)n1. The lowest BCUT2D eigenvalue weighted by Gasteiger charge is -2.28. The molecule has 0 bridgehead atoms. The maximum absolute atomic E-state index is 5.51. The van der Waals surface area contributed by atoms with Crippen molar-refractivity contribution in [1.82, 2.24) is 9.97 Å². The molecule has 1 aliphatic rings. The minimum Gasteiger partial charge on any atom is -0.374 e. The van der Waals surface area contributed by atoms with Gasteiger partial charge in [-0.25, -0.2) is 15.8 Å². The largest absolute Gasteiger partial charge is 0.374 e. The van der Waals surface area contributed by atoms with E-state index in [0.29, 0.717) is 24.9 Å². The maximum Gasteiger partial charge on any atom is 0.158 e. The van der Waals surface area contributed by atoms with Crippen LogP contribution in [0.5, 0.6) is 0 Å². The van der Waals surface area contributed by atoms with Crippen molar-refractivity contribution in [3.8, 4) is 0 Å². The average Bonchev–Trinajstić information content (AvgIpc) is 3.00. The van der Waals surface area contributed by atoms with Gasteiger partial charge in [0.05, 0.1) is 0 Å². The average molecular weight is 305 g/mol. The van der Waals surface area contributed by atoms with Crippen molar-refractivity contribution in [2.24, 2.45) is 5.84 Å². The van der Waals surface area contributed by atoms with Gasteiger partial charge in [-0.2, -0.15) is 0 Å². The second kappa shape index (κ2) is 6.38. The summed E-state index contributed by atoms with van der Waals surface area (Å²) in [7, 11) is 0. The summed E-state index contributed by atoms with van der Waals surface area (Å²) in [6.07, 6.45) is 1.06. The number of fused-ring (bicyclic) bond motifs is 1. The van der Waals surface area contributed by atoms with Crippen LogP contribution in [0.2, 0.25) is 0 Å². The highest BCUT2D eigenvalue weighted by molar-refractivity contribution is 7.10. The summed E-state index contributed by atoms with van der Waals surface area (Å²) in [5.41, 5.74) is 3.99. The molecule has 3 N–H and O–H groups in total. The Morgan fingerprint density at radius 2 is 2.38 bits per heavy atom. The summed E-state index contributed by atoms with van der Waals surface area (Å²) in [5, 5.41) is 2.15. The van der Waals surface area contributed by atoms with E-state index in [-0.39, 0.29) is 0 Å². The summed E-state index contributed by atoms with van der Waals surface area (Å²) in [6.45, 7) is 4.84. The number of nitrogens with one attached hydrogen (secondary N) is 1. The first-order valence-corrected chi connectivity index (χ1v) is 7.90. The van der Waals surface area contributed by atoms with Crippen LogP contribution in [0.1, 0.15) is 23.2 Å². The third kappa shape index (κ3) is 3.15. The molecule has 3 heterocycles. The molecule has 0 saturated carbocycles. The Kier molecular flexibility index (Phi) is 4.33. The van der Waals surface area contributed by atoms with Crippen molar-refractivity contribution in [3.63, 3.8) is 0 Å². The molecular weight excluding hydrogens is 286 g/mol. The molecule has 0 spiro atoms. The van der Waals surface area contributed by atoms with E-state index < -0.39 is 0 Å². The molecule has 7 heteroatoms. The molecular formula is C14H19N5OS. The van der Waals surface area contributed by atoms with Crippen molar-refractivity contribution in [2.45, 2.75) is 26.5 Å². The highest BCUT2D eigenvalue weighted by Gasteiger charge is 2.19. The third-order valence-electron chi connectivity index (χ3n) is 3.47. The highest BCUT2D eigenvalue weighted by Crippen LogP contribution is 2.27. The molecule has 21 heavy (non-hydrogen) atoms. The Morgan fingerprint density at radius 3 is 3.19 bits per heavy atom. The normalized spacial score (nSPS) is 14.1. The highest BCUT2D eigenvalue weighted by atomic mass is 32.1. The van der Waals surface area contributed by atoms with E-state index in [0.717, 1.165) is 25.3 Å². The van der Waals surface area contributed by atoms with Gasteiger partial charge in [-0.05, 0) is 30.4 Å². The Hall–Kier alpha value is -1.70. The summed E-state index contributed by atoms with van der Waals surface area (Å²) in [6, 6.07) is 4.07. The maximum atomic E-state index is 5.51. The van der Waals surface area contributed by atoms with E-state index in [1.54, 1.807) is 0 Å². The van der Waals surface area contributed by atoms with Gasteiger partial charge in [0.1, 0.15) is 18.2 Å². The predicted molar refractivity (Wildman–Crippen MR) is 84.2 cm³/mol. The molecule has 0 atom stereocenters. The number of aromatic nitrogens is 2. The number of rotatable bonds is 5. The number of hydrazine groups is 1. The minimum absolute atomic E-state index is 0.399. The lowest BCUT2D eigenvalue weighted by molar-refractivity contribution is 0.128. The first kappa shape index (κ1) is 14.2. The number of hydrogen-bond acceptors (Lipinski definition) is 7. The van der Waals surface area contributed by atoms with Gasteiger partial charge in [0.15, 0.2) is 5.82 Å². The lowest BCUT2D eigenvalue weighted by Crippen LogP contribution is -2.30. The van der Waals surface area contributed by atoms with Crippen LogP contribution < -0.4 is 16.2 Å². The van der Waals surface area contributed by atoms with Crippen LogP contribution in [0.3, 0.4) is 0 Å². The van der Waals surface area contributed by atoms with Gasteiger partial charge in [-0.15, -0.1) is 11.3 Å². The molecule has 0 aliphatic carbocycles. The Morgan fingerprint density at radius 1 is 1.48 bits per heavy atom. The molecule has 0 amide bonds. The van der Waals surface area contributed by atoms with Gasteiger partial charge in [0.2, 0.25) is 0 Å². The van der Waals surface area contributed by atoms with Gasteiger partial charge < -0.3 is 15.1 Å². The number of nitrogens with zero attached hydrogens (tertiary/aromatic N) is 3. The molecule has 0 fully saturated rings. The number of anilines is 2. The Balaban J connectivity index is 1.84. The molecule has 3 rings (SSSR count). The van der Waals surface area contributed by atoms with Crippen molar-refractivity contribution in [1.29, 1.82) is 0 Å². The fourth-order valence-electron chi connectivity index (χ4n) is 2.42. The van der Waals surface area contributed by atoms with Gasteiger partial charge in [-0.1, -0.05) is 0 Å². The van der Waals surface area contributed by atoms with E-state index in [1.165, 1.54) is 10.4 Å². The zero-order valence-corrected chi connectivity index (χ0v) is 12.8. The monoisotopic (exact) mass is 305 g/mol. The molecule has 112 valence electrons. The number of nitrogen functional groups attached to an aromatic ring is 1. The quantitative estimate of drug-likeness (QED) is 0.649. The first-order valence-electron chi connectivity index (χ1n) is 7.02. The number of hydrogen-bond donors (Lipinski definition) is 2. The van der Waals surface area contributed by atoms with Crippen molar-refractivity contribution in [3.05, 3.63) is 33.8 Å². The van der Waals surface area contributed by atoms with E-state index >= 15 is 0 Å². The standard InChI is InChI=1S/C14H19N5OS/c1-2-20-9-13-16-12(18-15)7-14(17-13)19-5-3-11-10(8-19)4-6-21-11/h4,6-7H,2-3,5,8-9,15H2,1H3,(H,16,17,18). The van der Waals surface area contributed by atoms with Crippen molar-refractivity contribution < 1.29 is 4.74 Å². The Labute approximate surface area is 127 Å². The fourth-order valence-corrected chi connectivity index (χ4v) is 3.31. The summed E-state index contributed by atoms with van der Waals surface area (Å²) in [4.78, 5) is 12.7. The second-order valence-electron chi connectivity index (χ2n) is 4.85. The molecule has 2 aromatic rings. The smallest absolute Gasteiger partial charge is 0.158 e. The van der Waals surface area contributed by atoms with E-state index in [9.17, 15) is 0 Å². The molecule has 0 unspecified atom stereocenters. The van der Waals surface area contributed by atoms with Gasteiger partial charge in [-0.3, -0.25) is 0 Å². The fraction of sp³-hybridized carbons (Fsp3) is 0.429. The van der Waals surface area contributed by atoms with Crippen LogP contribution in [-0.4, -0.2) is 23.1 Å². The molecule has 1 aliphatic heterocycles. The molecule has 6 nitrogen and oxygen atoms in total. The van der Waals surface area contributed by atoms with Crippen LogP contribution in [-0.2, 0) is 24.3 Å². The Bertz CT molecular complexity index is 615.